The fourth-order valence-corrected chi connectivity index (χ4v) is 3.08. The smallest absolute Gasteiger partial charge is 0.264 e. The van der Waals surface area contributed by atoms with Crippen LogP contribution in [-0.4, -0.2) is 23.2 Å². The van der Waals surface area contributed by atoms with E-state index in [-0.39, 0.29) is 6.61 Å². The topological polar surface area (TPSA) is 51.4 Å². The van der Waals surface area contributed by atoms with Crippen molar-refractivity contribution in [3.05, 3.63) is 60.0 Å². The van der Waals surface area contributed by atoms with Crippen LogP contribution < -0.4 is 9.64 Å². The molecular formula is C20H21N3O2. The number of nitrogens with zero attached hydrogens (tertiary/aromatic N) is 3. The molecule has 3 aromatic rings. The van der Waals surface area contributed by atoms with Gasteiger partial charge in [0.15, 0.2) is 6.61 Å². The molecule has 0 aliphatic carbocycles. The maximum Gasteiger partial charge on any atom is 0.264 e. The number of rotatable bonds is 5. The molecule has 1 aliphatic heterocycles. The molecule has 2 aromatic carbocycles. The molecule has 128 valence electrons. The number of hydrogen-bond donors (Lipinski definition) is 0. The van der Waals surface area contributed by atoms with Gasteiger partial charge in [0.2, 0.25) is 5.82 Å². The van der Waals surface area contributed by atoms with Crippen molar-refractivity contribution in [2.24, 2.45) is 0 Å². The average molecular weight is 335 g/mol. The fraction of sp³-hybridized carbons (Fsp3) is 0.300. The molecule has 0 saturated carbocycles. The summed E-state index contributed by atoms with van der Waals surface area (Å²) < 4.78 is 11.0. The van der Waals surface area contributed by atoms with Crippen molar-refractivity contribution in [3.63, 3.8) is 0 Å². The van der Waals surface area contributed by atoms with E-state index in [1.165, 1.54) is 18.5 Å². The van der Waals surface area contributed by atoms with Gasteiger partial charge in [-0.3, -0.25) is 0 Å². The highest BCUT2D eigenvalue weighted by molar-refractivity contribution is 5.60. The van der Waals surface area contributed by atoms with Gasteiger partial charge < -0.3 is 14.2 Å². The number of ether oxygens (including phenoxy) is 1. The summed E-state index contributed by atoms with van der Waals surface area (Å²) in [6, 6.07) is 16.2. The lowest BCUT2D eigenvalue weighted by Crippen LogP contribution is -2.17. The normalized spacial score (nSPS) is 14.0. The quantitative estimate of drug-likeness (QED) is 0.698. The zero-order valence-corrected chi connectivity index (χ0v) is 14.3. The van der Waals surface area contributed by atoms with Crippen LogP contribution in [0.3, 0.4) is 0 Å². The van der Waals surface area contributed by atoms with Gasteiger partial charge in [-0.05, 0) is 61.7 Å². The lowest BCUT2D eigenvalue weighted by molar-refractivity contribution is 0.243. The van der Waals surface area contributed by atoms with E-state index in [4.69, 9.17) is 9.26 Å². The first kappa shape index (κ1) is 15.7. The number of anilines is 1. The number of hydrogen-bond acceptors (Lipinski definition) is 5. The SMILES string of the molecule is Cc1cccc(OCc2nc(-c3ccc(N4CCCC4)cc3)no2)c1. The summed E-state index contributed by atoms with van der Waals surface area (Å²) in [7, 11) is 0. The maximum absolute atomic E-state index is 5.71. The molecule has 5 heteroatoms. The van der Waals surface area contributed by atoms with Crippen LogP contribution in [0.15, 0.2) is 53.1 Å². The molecule has 1 aliphatic rings. The molecule has 4 rings (SSSR count). The molecule has 1 saturated heterocycles. The van der Waals surface area contributed by atoms with Gasteiger partial charge in [0.1, 0.15) is 5.75 Å². The molecule has 5 nitrogen and oxygen atoms in total. The summed E-state index contributed by atoms with van der Waals surface area (Å²) in [5.74, 6) is 1.87. The average Bonchev–Trinajstić information content (AvgIpc) is 3.32. The number of aryl methyl sites for hydroxylation is 1. The van der Waals surface area contributed by atoms with Crippen LogP contribution in [0.1, 0.15) is 24.3 Å². The van der Waals surface area contributed by atoms with Crippen molar-refractivity contribution in [1.29, 1.82) is 0 Å². The second kappa shape index (κ2) is 6.97. The first-order valence-corrected chi connectivity index (χ1v) is 8.65. The highest BCUT2D eigenvalue weighted by Gasteiger charge is 2.13. The van der Waals surface area contributed by atoms with E-state index >= 15 is 0 Å². The third-order valence-corrected chi connectivity index (χ3v) is 4.42. The molecule has 0 atom stereocenters. The van der Waals surface area contributed by atoms with Crippen LogP contribution in [0.25, 0.3) is 11.4 Å². The van der Waals surface area contributed by atoms with Gasteiger partial charge in [0.25, 0.3) is 5.89 Å². The van der Waals surface area contributed by atoms with E-state index in [0.717, 1.165) is 30.0 Å². The maximum atomic E-state index is 5.71. The molecule has 1 aromatic heterocycles. The molecule has 0 N–H and O–H groups in total. The molecular weight excluding hydrogens is 314 g/mol. The van der Waals surface area contributed by atoms with Gasteiger partial charge in [-0.25, -0.2) is 0 Å². The standard InChI is InChI=1S/C20H21N3O2/c1-15-5-4-6-18(13-15)24-14-19-21-20(22-25-19)16-7-9-17(10-8-16)23-11-2-3-12-23/h4-10,13H,2-3,11-12,14H2,1H3. The number of benzene rings is 2. The molecule has 0 spiro atoms. The summed E-state index contributed by atoms with van der Waals surface area (Å²) in [5, 5.41) is 4.06. The predicted molar refractivity (Wildman–Crippen MR) is 96.7 cm³/mol. The summed E-state index contributed by atoms with van der Waals surface area (Å²) >= 11 is 0. The van der Waals surface area contributed by atoms with E-state index in [0.29, 0.717) is 11.7 Å². The van der Waals surface area contributed by atoms with Gasteiger partial charge in [-0.2, -0.15) is 4.98 Å². The largest absolute Gasteiger partial charge is 0.484 e. The van der Waals surface area contributed by atoms with Crippen molar-refractivity contribution in [3.8, 4) is 17.1 Å². The zero-order chi connectivity index (χ0) is 17.1. The highest BCUT2D eigenvalue weighted by Crippen LogP contribution is 2.24. The monoisotopic (exact) mass is 335 g/mol. The van der Waals surface area contributed by atoms with Gasteiger partial charge >= 0.3 is 0 Å². The van der Waals surface area contributed by atoms with E-state index in [1.54, 1.807) is 0 Å². The summed E-state index contributed by atoms with van der Waals surface area (Å²) in [6.07, 6.45) is 2.55. The molecule has 25 heavy (non-hydrogen) atoms. The van der Waals surface area contributed by atoms with Crippen LogP contribution in [0.4, 0.5) is 5.69 Å². The van der Waals surface area contributed by atoms with Crippen molar-refractivity contribution >= 4 is 5.69 Å². The van der Waals surface area contributed by atoms with Crippen LogP contribution in [0.2, 0.25) is 0 Å². The molecule has 0 bridgehead atoms. The van der Waals surface area contributed by atoms with Crippen molar-refractivity contribution in [1.82, 2.24) is 10.1 Å². The third-order valence-electron chi connectivity index (χ3n) is 4.42. The van der Waals surface area contributed by atoms with E-state index in [1.807, 2.05) is 43.3 Å². The molecule has 2 heterocycles. The zero-order valence-electron chi connectivity index (χ0n) is 14.3. The Labute approximate surface area is 147 Å². The predicted octanol–water partition coefficient (Wildman–Crippen LogP) is 4.22. The Kier molecular flexibility index (Phi) is 4.37. The van der Waals surface area contributed by atoms with Crippen molar-refractivity contribution in [2.45, 2.75) is 26.4 Å². The van der Waals surface area contributed by atoms with Crippen LogP contribution in [0.5, 0.6) is 5.75 Å². The minimum atomic E-state index is 0.266. The second-order valence-electron chi connectivity index (χ2n) is 6.36. The van der Waals surface area contributed by atoms with Crippen molar-refractivity contribution < 1.29 is 9.26 Å². The second-order valence-corrected chi connectivity index (χ2v) is 6.36. The summed E-state index contributed by atoms with van der Waals surface area (Å²) in [6.45, 7) is 4.58. The Hall–Kier alpha value is -2.82. The third kappa shape index (κ3) is 3.65. The van der Waals surface area contributed by atoms with Crippen LogP contribution in [0, 0.1) is 6.92 Å². The lowest BCUT2D eigenvalue weighted by Gasteiger charge is -2.17. The van der Waals surface area contributed by atoms with Gasteiger partial charge in [-0.1, -0.05) is 17.3 Å². The van der Waals surface area contributed by atoms with Crippen LogP contribution >= 0.6 is 0 Å². The Morgan fingerprint density at radius 1 is 1.08 bits per heavy atom. The Morgan fingerprint density at radius 3 is 2.64 bits per heavy atom. The van der Waals surface area contributed by atoms with Gasteiger partial charge in [0.05, 0.1) is 0 Å². The van der Waals surface area contributed by atoms with E-state index in [2.05, 4.69) is 27.2 Å². The molecule has 0 unspecified atom stereocenters. The molecule has 1 fully saturated rings. The molecule has 0 radical (unpaired) electrons. The highest BCUT2D eigenvalue weighted by atomic mass is 16.5. The Bertz CT molecular complexity index is 836. The minimum Gasteiger partial charge on any atom is -0.484 e. The number of aromatic nitrogens is 2. The summed E-state index contributed by atoms with van der Waals surface area (Å²) in [5.41, 5.74) is 3.36. The molecule has 0 amide bonds. The van der Waals surface area contributed by atoms with Crippen LogP contribution in [-0.2, 0) is 6.61 Å². The first-order valence-electron chi connectivity index (χ1n) is 8.65. The lowest BCUT2D eigenvalue weighted by atomic mass is 10.2. The Morgan fingerprint density at radius 2 is 1.88 bits per heavy atom. The fourth-order valence-electron chi connectivity index (χ4n) is 3.08. The summed E-state index contributed by atoms with van der Waals surface area (Å²) in [4.78, 5) is 6.83. The van der Waals surface area contributed by atoms with Crippen molar-refractivity contribution in [2.75, 3.05) is 18.0 Å². The minimum absolute atomic E-state index is 0.266. The Balaban J connectivity index is 1.42. The van der Waals surface area contributed by atoms with E-state index in [9.17, 15) is 0 Å². The van der Waals surface area contributed by atoms with Gasteiger partial charge in [-0.15, -0.1) is 0 Å². The van der Waals surface area contributed by atoms with E-state index < -0.39 is 0 Å². The van der Waals surface area contributed by atoms with Gasteiger partial charge in [0, 0.05) is 24.3 Å². The first-order chi connectivity index (χ1) is 12.3.